The molecule has 0 aliphatic carbocycles. The average Bonchev–Trinajstić information content (AvgIpc) is 3.37. The Balaban J connectivity index is 1.50. The number of anilines is 1. The number of aromatic amines is 1. The summed E-state index contributed by atoms with van der Waals surface area (Å²) in [6.45, 7) is 4.18. The Morgan fingerprint density at radius 2 is 2.00 bits per heavy atom. The zero-order valence-electron chi connectivity index (χ0n) is 18.9. The number of nitrogens with one attached hydrogen (secondary N) is 1. The number of H-pyrrole nitrogens is 1. The third-order valence-corrected chi connectivity index (χ3v) is 6.52. The number of aryl methyl sites for hydroxylation is 1. The number of imidazole rings is 1. The summed E-state index contributed by atoms with van der Waals surface area (Å²) in [5, 5.41) is 9.35. The predicted octanol–water partition coefficient (Wildman–Crippen LogP) is 2.97. The Hall–Kier alpha value is -4.03. The smallest absolute Gasteiger partial charge is 0.252 e. The monoisotopic (exact) mass is 457 g/mol. The SMILES string of the molecule is C[C@H]1CN(C(c2ccc(F)cc2)c2cnc[nH]2)CCN1c1cc(=O)n(C)c2ccc(C#N)nc12. The highest BCUT2D eigenvalue weighted by atomic mass is 19.1. The molecule has 34 heavy (non-hydrogen) atoms. The van der Waals surface area contributed by atoms with Crippen LogP contribution >= 0.6 is 0 Å². The van der Waals surface area contributed by atoms with Gasteiger partial charge in [0.05, 0.1) is 29.3 Å². The van der Waals surface area contributed by atoms with Crippen LogP contribution in [-0.2, 0) is 7.05 Å². The van der Waals surface area contributed by atoms with E-state index in [1.54, 1.807) is 54.5 Å². The number of benzene rings is 1. The lowest BCUT2D eigenvalue weighted by Crippen LogP contribution is -2.53. The average molecular weight is 458 g/mol. The molecule has 4 heterocycles. The molecule has 2 atom stereocenters. The fourth-order valence-electron chi connectivity index (χ4n) is 4.82. The van der Waals surface area contributed by atoms with Crippen molar-refractivity contribution >= 4 is 16.7 Å². The maximum Gasteiger partial charge on any atom is 0.252 e. The van der Waals surface area contributed by atoms with Crippen LogP contribution in [0.25, 0.3) is 11.0 Å². The number of piperazine rings is 1. The van der Waals surface area contributed by atoms with Gasteiger partial charge in [-0.25, -0.2) is 14.4 Å². The molecule has 0 bridgehead atoms. The lowest BCUT2D eigenvalue weighted by atomic mass is 10.00. The van der Waals surface area contributed by atoms with Crippen molar-refractivity contribution in [2.75, 3.05) is 24.5 Å². The number of hydrogen-bond donors (Lipinski definition) is 1. The van der Waals surface area contributed by atoms with Gasteiger partial charge in [0.2, 0.25) is 0 Å². The van der Waals surface area contributed by atoms with Crippen LogP contribution in [0.1, 0.15) is 29.9 Å². The van der Waals surface area contributed by atoms with Crippen LogP contribution in [0.15, 0.2) is 59.8 Å². The molecule has 4 aromatic rings. The zero-order valence-corrected chi connectivity index (χ0v) is 18.9. The summed E-state index contributed by atoms with van der Waals surface area (Å²) < 4.78 is 15.1. The van der Waals surface area contributed by atoms with Gasteiger partial charge in [-0.3, -0.25) is 9.69 Å². The lowest BCUT2D eigenvalue weighted by Gasteiger charge is -2.44. The summed E-state index contributed by atoms with van der Waals surface area (Å²) in [5.74, 6) is -0.271. The van der Waals surface area contributed by atoms with Crippen molar-refractivity contribution in [2.24, 2.45) is 7.05 Å². The topological polar surface area (TPSA) is 93.8 Å². The maximum atomic E-state index is 13.6. The first-order valence-electron chi connectivity index (χ1n) is 11.1. The van der Waals surface area contributed by atoms with Crippen LogP contribution in [0.4, 0.5) is 10.1 Å². The van der Waals surface area contributed by atoms with Gasteiger partial charge in [0, 0.05) is 45.0 Å². The molecule has 1 aliphatic rings. The van der Waals surface area contributed by atoms with Crippen LogP contribution < -0.4 is 10.5 Å². The van der Waals surface area contributed by atoms with Gasteiger partial charge in [-0.15, -0.1) is 0 Å². The van der Waals surface area contributed by atoms with Gasteiger partial charge in [-0.05, 0) is 36.8 Å². The number of fused-ring (bicyclic) bond motifs is 1. The van der Waals surface area contributed by atoms with Gasteiger partial charge in [0.25, 0.3) is 5.56 Å². The second-order valence-corrected chi connectivity index (χ2v) is 8.60. The number of pyridine rings is 2. The Labute approximate surface area is 195 Å². The molecule has 3 aromatic heterocycles. The van der Waals surface area contributed by atoms with E-state index in [4.69, 9.17) is 0 Å². The highest BCUT2D eigenvalue weighted by molar-refractivity contribution is 5.88. The van der Waals surface area contributed by atoms with Gasteiger partial charge in [-0.1, -0.05) is 12.1 Å². The minimum atomic E-state index is -0.271. The zero-order chi connectivity index (χ0) is 23.8. The molecule has 1 unspecified atom stereocenters. The van der Waals surface area contributed by atoms with Crippen molar-refractivity contribution in [1.82, 2.24) is 24.4 Å². The van der Waals surface area contributed by atoms with Crippen LogP contribution in [0.2, 0.25) is 0 Å². The largest absolute Gasteiger partial charge is 0.364 e. The predicted molar refractivity (Wildman–Crippen MR) is 127 cm³/mol. The highest BCUT2D eigenvalue weighted by Gasteiger charge is 2.32. The summed E-state index contributed by atoms with van der Waals surface area (Å²) >= 11 is 0. The Bertz CT molecular complexity index is 1420. The Morgan fingerprint density at radius 3 is 2.68 bits per heavy atom. The lowest BCUT2D eigenvalue weighted by molar-refractivity contribution is 0.185. The van der Waals surface area contributed by atoms with E-state index in [1.165, 1.54) is 12.1 Å². The number of nitriles is 1. The molecule has 8 nitrogen and oxygen atoms in total. The number of halogens is 1. The van der Waals surface area contributed by atoms with E-state index in [0.717, 1.165) is 16.9 Å². The number of hydrogen-bond acceptors (Lipinski definition) is 6. The quantitative estimate of drug-likeness (QED) is 0.506. The third-order valence-electron chi connectivity index (χ3n) is 6.52. The first-order chi connectivity index (χ1) is 16.5. The van der Waals surface area contributed by atoms with Gasteiger partial charge in [0.15, 0.2) is 0 Å². The van der Waals surface area contributed by atoms with E-state index in [2.05, 4.69) is 37.7 Å². The molecule has 1 aliphatic heterocycles. The van der Waals surface area contributed by atoms with E-state index < -0.39 is 0 Å². The van der Waals surface area contributed by atoms with Gasteiger partial charge in [-0.2, -0.15) is 5.26 Å². The molecule has 1 N–H and O–H groups in total. The molecule has 1 aromatic carbocycles. The van der Waals surface area contributed by atoms with Crippen LogP contribution in [0, 0.1) is 17.1 Å². The molecule has 172 valence electrons. The summed E-state index contributed by atoms with van der Waals surface area (Å²) in [6, 6.07) is 13.6. The molecular formula is C25H24FN7O. The molecule has 0 amide bonds. The van der Waals surface area contributed by atoms with Crippen molar-refractivity contribution in [1.29, 1.82) is 5.26 Å². The molecule has 0 spiro atoms. The number of nitrogens with zero attached hydrogens (tertiary/aromatic N) is 6. The summed E-state index contributed by atoms with van der Waals surface area (Å²) in [7, 11) is 1.71. The van der Waals surface area contributed by atoms with Gasteiger partial charge in [0.1, 0.15) is 23.1 Å². The fraction of sp³-hybridized carbons (Fsp3) is 0.280. The first kappa shape index (κ1) is 21.8. The maximum absolute atomic E-state index is 13.6. The molecular weight excluding hydrogens is 433 g/mol. The van der Waals surface area contributed by atoms with Gasteiger partial charge < -0.3 is 14.5 Å². The second kappa shape index (κ2) is 8.72. The standard InChI is InChI=1S/C25H24FN7O/c1-16-14-32(25(20-13-28-15-29-20)17-3-5-18(26)6-4-17)9-10-33(16)22-11-23(34)31(2)21-8-7-19(12-27)30-24(21)22/h3-8,11,13,15-16,25H,9-10,14H2,1-2H3,(H,28,29)/t16-,25?/m0/s1. The van der Waals surface area contributed by atoms with Crippen molar-refractivity contribution in [2.45, 2.75) is 19.0 Å². The van der Waals surface area contributed by atoms with Crippen LogP contribution in [0.3, 0.4) is 0 Å². The second-order valence-electron chi connectivity index (χ2n) is 8.60. The molecule has 0 radical (unpaired) electrons. The molecule has 1 fully saturated rings. The van der Waals surface area contributed by atoms with E-state index in [1.807, 2.05) is 0 Å². The minimum Gasteiger partial charge on any atom is -0.364 e. The first-order valence-corrected chi connectivity index (χ1v) is 11.1. The normalized spacial score (nSPS) is 17.6. The van der Waals surface area contributed by atoms with Gasteiger partial charge >= 0.3 is 0 Å². The van der Waals surface area contributed by atoms with Crippen molar-refractivity contribution in [3.8, 4) is 6.07 Å². The molecule has 1 saturated heterocycles. The van der Waals surface area contributed by atoms with E-state index in [9.17, 15) is 14.4 Å². The highest BCUT2D eigenvalue weighted by Crippen LogP contribution is 2.32. The Morgan fingerprint density at radius 1 is 1.21 bits per heavy atom. The van der Waals surface area contributed by atoms with Crippen molar-refractivity contribution in [3.05, 3.63) is 88.1 Å². The molecule has 9 heteroatoms. The van der Waals surface area contributed by atoms with E-state index in [-0.39, 0.29) is 23.5 Å². The molecule has 0 saturated carbocycles. The summed E-state index contributed by atoms with van der Waals surface area (Å²) in [4.78, 5) is 29.1. The van der Waals surface area contributed by atoms with Crippen LogP contribution in [0.5, 0.6) is 0 Å². The fourth-order valence-corrected chi connectivity index (χ4v) is 4.82. The Kier molecular flexibility index (Phi) is 5.59. The van der Waals surface area contributed by atoms with E-state index >= 15 is 0 Å². The van der Waals surface area contributed by atoms with Crippen molar-refractivity contribution in [3.63, 3.8) is 0 Å². The number of rotatable bonds is 4. The van der Waals surface area contributed by atoms with E-state index in [0.29, 0.717) is 36.4 Å². The van der Waals surface area contributed by atoms with Crippen LogP contribution in [-0.4, -0.2) is 50.1 Å². The van der Waals surface area contributed by atoms with Crippen molar-refractivity contribution < 1.29 is 4.39 Å². The number of aromatic nitrogens is 4. The summed E-state index contributed by atoms with van der Waals surface area (Å²) in [5.41, 5.74) is 4.18. The molecule has 5 rings (SSSR count). The minimum absolute atomic E-state index is 0.0578. The summed E-state index contributed by atoms with van der Waals surface area (Å²) in [6.07, 6.45) is 3.45. The third kappa shape index (κ3) is 3.82.